The molecular weight excluding hydrogens is 169 g/mol. The third kappa shape index (κ3) is 7.81. The standard InChI is InChI=1S/C7H15F3N2/c1-3-12-6(2)4-11-5-7(8,9)10/h6,11-12H,3-5H2,1-2H3. The fourth-order valence-electron chi connectivity index (χ4n) is 0.851. The Bertz CT molecular complexity index is 114. The lowest BCUT2D eigenvalue weighted by atomic mass is 10.3. The quantitative estimate of drug-likeness (QED) is 0.669. The Balaban J connectivity index is 3.31. The van der Waals surface area contributed by atoms with Crippen molar-refractivity contribution < 1.29 is 13.2 Å². The third-order valence-electron chi connectivity index (χ3n) is 1.33. The SMILES string of the molecule is CCNC(C)CNCC(F)(F)F. The van der Waals surface area contributed by atoms with Crippen molar-refractivity contribution in [3.8, 4) is 0 Å². The van der Waals surface area contributed by atoms with Crippen LogP contribution in [0.25, 0.3) is 0 Å². The van der Waals surface area contributed by atoms with Gasteiger partial charge in [0, 0.05) is 12.6 Å². The van der Waals surface area contributed by atoms with Gasteiger partial charge in [-0.25, -0.2) is 0 Å². The molecule has 0 saturated carbocycles. The van der Waals surface area contributed by atoms with Gasteiger partial charge >= 0.3 is 6.18 Å². The van der Waals surface area contributed by atoms with E-state index in [1.165, 1.54) is 0 Å². The molecule has 0 aromatic heterocycles. The van der Waals surface area contributed by atoms with E-state index in [9.17, 15) is 13.2 Å². The molecule has 0 aromatic rings. The molecule has 0 saturated heterocycles. The second-order valence-electron chi connectivity index (χ2n) is 2.70. The first-order valence-electron chi connectivity index (χ1n) is 3.96. The molecule has 0 amide bonds. The van der Waals surface area contributed by atoms with Crippen molar-refractivity contribution in [2.24, 2.45) is 0 Å². The maximum atomic E-state index is 11.6. The van der Waals surface area contributed by atoms with E-state index >= 15 is 0 Å². The van der Waals surface area contributed by atoms with Crippen LogP contribution in [0.15, 0.2) is 0 Å². The molecule has 0 aliphatic rings. The molecule has 2 N–H and O–H groups in total. The Morgan fingerprint density at radius 2 is 1.92 bits per heavy atom. The Morgan fingerprint density at radius 1 is 1.33 bits per heavy atom. The summed E-state index contributed by atoms with van der Waals surface area (Å²) >= 11 is 0. The van der Waals surface area contributed by atoms with Crippen LogP contribution in [0.1, 0.15) is 13.8 Å². The van der Waals surface area contributed by atoms with Gasteiger partial charge in [0.25, 0.3) is 0 Å². The van der Waals surface area contributed by atoms with Gasteiger partial charge in [-0.05, 0) is 13.5 Å². The lowest BCUT2D eigenvalue weighted by molar-refractivity contribution is -0.124. The van der Waals surface area contributed by atoms with Crippen molar-refractivity contribution >= 4 is 0 Å². The highest BCUT2D eigenvalue weighted by Crippen LogP contribution is 2.11. The van der Waals surface area contributed by atoms with Crippen molar-refractivity contribution in [3.05, 3.63) is 0 Å². The molecule has 1 atom stereocenters. The van der Waals surface area contributed by atoms with Gasteiger partial charge in [0.15, 0.2) is 0 Å². The van der Waals surface area contributed by atoms with Crippen molar-refractivity contribution in [1.82, 2.24) is 10.6 Å². The Labute approximate surface area is 70.5 Å². The molecule has 0 fully saturated rings. The second kappa shape index (κ2) is 5.37. The van der Waals surface area contributed by atoms with E-state index in [1.54, 1.807) is 0 Å². The van der Waals surface area contributed by atoms with Gasteiger partial charge in [-0.2, -0.15) is 13.2 Å². The van der Waals surface area contributed by atoms with Crippen LogP contribution in [0.4, 0.5) is 13.2 Å². The maximum Gasteiger partial charge on any atom is 0.401 e. The average Bonchev–Trinajstić information content (AvgIpc) is 1.84. The highest BCUT2D eigenvalue weighted by Gasteiger charge is 2.26. The van der Waals surface area contributed by atoms with Crippen LogP contribution in [-0.4, -0.2) is 31.9 Å². The van der Waals surface area contributed by atoms with E-state index in [0.29, 0.717) is 6.54 Å². The minimum atomic E-state index is -4.11. The Morgan fingerprint density at radius 3 is 2.33 bits per heavy atom. The molecule has 0 bridgehead atoms. The van der Waals surface area contributed by atoms with Crippen LogP contribution in [0, 0.1) is 0 Å². The monoisotopic (exact) mass is 184 g/mol. The van der Waals surface area contributed by atoms with E-state index in [-0.39, 0.29) is 6.04 Å². The first-order valence-corrected chi connectivity index (χ1v) is 3.96. The summed E-state index contributed by atoms with van der Waals surface area (Å²) in [6.45, 7) is 3.96. The molecule has 74 valence electrons. The molecular formula is C7H15F3N2. The molecule has 0 rings (SSSR count). The van der Waals surface area contributed by atoms with E-state index < -0.39 is 12.7 Å². The summed E-state index contributed by atoms with van der Waals surface area (Å²) < 4.78 is 34.8. The molecule has 0 aromatic carbocycles. The summed E-state index contributed by atoms with van der Waals surface area (Å²) in [6, 6.07) is 0.0809. The Kier molecular flexibility index (Phi) is 5.24. The fourth-order valence-corrected chi connectivity index (χ4v) is 0.851. The third-order valence-corrected chi connectivity index (χ3v) is 1.33. The van der Waals surface area contributed by atoms with Gasteiger partial charge in [-0.3, -0.25) is 0 Å². The number of rotatable bonds is 5. The molecule has 0 aliphatic heterocycles. The van der Waals surface area contributed by atoms with E-state index in [2.05, 4.69) is 10.6 Å². The minimum Gasteiger partial charge on any atom is -0.313 e. The number of alkyl halides is 3. The number of hydrogen-bond donors (Lipinski definition) is 2. The van der Waals surface area contributed by atoms with Crippen molar-refractivity contribution in [2.45, 2.75) is 26.1 Å². The molecule has 1 unspecified atom stereocenters. The number of likely N-dealkylation sites (N-methyl/N-ethyl adjacent to an activating group) is 1. The van der Waals surface area contributed by atoms with Crippen molar-refractivity contribution in [1.29, 1.82) is 0 Å². The fraction of sp³-hybridized carbons (Fsp3) is 1.00. The average molecular weight is 184 g/mol. The molecule has 2 nitrogen and oxygen atoms in total. The van der Waals surface area contributed by atoms with E-state index in [4.69, 9.17) is 0 Å². The zero-order valence-corrected chi connectivity index (χ0v) is 7.33. The summed E-state index contributed by atoms with van der Waals surface area (Å²) in [5, 5.41) is 5.32. The second-order valence-corrected chi connectivity index (χ2v) is 2.70. The molecule has 0 heterocycles. The molecule has 0 radical (unpaired) electrons. The van der Waals surface area contributed by atoms with Gasteiger partial charge in [0.1, 0.15) is 0 Å². The Hall–Kier alpha value is -0.290. The first kappa shape index (κ1) is 11.7. The zero-order valence-electron chi connectivity index (χ0n) is 7.33. The van der Waals surface area contributed by atoms with Gasteiger partial charge < -0.3 is 10.6 Å². The predicted molar refractivity (Wildman–Crippen MR) is 42.1 cm³/mol. The highest BCUT2D eigenvalue weighted by molar-refractivity contribution is 4.64. The summed E-state index contributed by atoms with van der Waals surface area (Å²) in [7, 11) is 0. The lowest BCUT2D eigenvalue weighted by Crippen LogP contribution is -2.39. The summed E-state index contributed by atoms with van der Waals surface area (Å²) in [5.41, 5.74) is 0. The molecule has 5 heteroatoms. The van der Waals surface area contributed by atoms with Gasteiger partial charge in [0.05, 0.1) is 6.54 Å². The van der Waals surface area contributed by atoms with Gasteiger partial charge in [0.2, 0.25) is 0 Å². The van der Waals surface area contributed by atoms with Crippen LogP contribution in [0.5, 0.6) is 0 Å². The normalized spacial score (nSPS) is 14.8. The van der Waals surface area contributed by atoms with Crippen LogP contribution < -0.4 is 10.6 Å². The van der Waals surface area contributed by atoms with Crippen molar-refractivity contribution in [3.63, 3.8) is 0 Å². The number of hydrogen-bond acceptors (Lipinski definition) is 2. The molecule has 0 aliphatic carbocycles. The van der Waals surface area contributed by atoms with Gasteiger partial charge in [-0.1, -0.05) is 6.92 Å². The van der Waals surface area contributed by atoms with Crippen LogP contribution in [0.3, 0.4) is 0 Å². The van der Waals surface area contributed by atoms with Crippen LogP contribution in [0.2, 0.25) is 0 Å². The maximum absolute atomic E-state index is 11.6. The van der Waals surface area contributed by atoms with Crippen LogP contribution in [-0.2, 0) is 0 Å². The van der Waals surface area contributed by atoms with Crippen molar-refractivity contribution in [2.75, 3.05) is 19.6 Å². The molecule has 0 spiro atoms. The topological polar surface area (TPSA) is 24.1 Å². The zero-order chi connectivity index (χ0) is 9.61. The number of nitrogens with one attached hydrogen (secondary N) is 2. The predicted octanol–water partition coefficient (Wildman–Crippen LogP) is 1.14. The summed E-state index contributed by atoms with van der Waals surface area (Å²) in [6.07, 6.45) is -4.11. The smallest absolute Gasteiger partial charge is 0.313 e. The molecule has 12 heavy (non-hydrogen) atoms. The van der Waals surface area contributed by atoms with E-state index in [0.717, 1.165) is 6.54 Å². The minimum absolute atomic E-state index is 0.0809. The van der Waals surface area contributed by atoms with E-state index in [1.807, 2.05) is 13.8 Å². The van der Waals surface area contributed by atoms with Crippen LogP contribution >= 0.6 is 0 Å². The van der Waals surface area contributed by atoms with Gasteiger partial charge in [-0.15, -0.1) is 0 Å². The summed E-state index contributed by atoms with van der Waals surface area (Å²) in [5.74, 6) is 0. The summed E-state index contributed by atoms with van der Waals surface area (Å²) in [4.78, 5) is 0. The highest BCUT2D eigenvalue weighted by atomic mass is 19.4. The largest absolute Gasteiger partial charge is 0.401 e. The first-order chi connectivity index (χ1) is 5.45. The lowest BCUT2D eigenvalue weighted by Gasteiger charge is -2.14. The number of halogens is 3.